The fourth-order valence-corrected chi connectivity index (χ4v) is 2.82. The summed E-state index contributed by atoms with van der Waals surface area (Å²) in [6.07, 6.45) is 0. The molecule has 20 heavy (non-hydrogen) atoms. The van der Waals surface area contributed by atoms with Gasteiger partial charge in [-0.05, 0) is 32.0 Å². The Morgan fingerprint density at radius 3 is 2.55 bits per heavy atom. The SMILES string of the molecule is CNC(=O)C(C)(C)CNS(=O)(=O)c1cc(N)ccc1F. The Balaban J connectivity index is 2.97. The Hall–Kier alpha value is -1.67. The van der Waals surface area contributed by atoms with Crippen LogP contribution in [0.5, 0.6) is 0 Å². The van der Waals surface area contributed by atoms with E-state index in [1.54, 1.807) is 13.8 Å². The maximum Gasteiger partial charge on any atom is 0.243 e. The number of rotatable bonds is 5. The Morgan fingerprint density at radius 2 is 2.00 bits per heavy atom. The molecule has 0 fully saturated rings. The Bertz CT molecular complexity index is 614. The minimum absolute atomic E-state index is 0.136. The average molecular weight is 303 g/mol. The minimum Gasteiger partial charge on any atom is -0.399 e. The molecular weight excluding hydrogens is 285 g/mol. The zero-order valence-electron chi connectivity index (χ0n) is 11.5. The molecule has 0 bridgehead atoms. The quantitative estimate of drug-likeness (QED) is 0.688. The number of nitrogens with one attached hydrogen (secondary N) is 2. The lowest BCUT2D eigenvalue weighted by atomic mass is 9.93. The lowest BCUT2D eigenvalue weighted by Crippen LogP contribution is -2.43. The van der Waals surface area contributed by atoms with E-state index in [0.29, 0.717) is 0 Å². The van der Waals surface area contributed by atoms with Crippen molar-refractivity contribution in [2.45, 2.75) is 18.7 Å². The second-order valence-electron chi connectivity index (χ2n) is 4.98. The van der Waals surface area contributed by atoms with Gasteiger partial charge in [0.1, 0.15) is 10.7 Å². The van der Waals surface area contributed by atoms with Crippen molar-refractivity contribution in [3.8, 4) is 0 Å². The van der Waals surface area contributed by atoms with Crippen LogP contribution in [0.4, 0.5) is 10.1 Å². The molecule has 0 aromatic heterocycles. The predicted molar refractivity (Wildman–Crippen MR) is 73.8 cm³/mol. The summed E-state index contributed by atoms with van der Waals surface area (Å²) in [4.78, 5) is 11.0. The lowest BCUT2D eigenvalue weighted by Gasteiger charge is -2.22. The summed E-state index contributed by atoms with van der Waals surface area (Å²) in [5.74, 6) is -1.22. The molecule has 0 aliphatic rings. The number of halogens is 1. The van der Waals surface area contributed by atoms with E-state index in [1.807, 2.05) is 0 Å². The van der Waals surface area contributed by atoms with Crippen LogP contribution in [-0.2, 0) is 14.8 Å². The van der Waals surface area contributed by atoms with Crippen molar-refractivity contribution in [2.24, 2.45) is 5.41 Å². The van der Waals surface area contributed by atoms with Crippen LogP contribution in [0.25, 0.3) is 0 Å². The smallest absolute Gasteiger partial charge is 0.243 e. The van der Waals surface area contributed by atoms with E-state index >= 15 is 0 Å². The molecule has 112 valence electrons. The first-order valence-corrected chi connectivity index (χ1v) is 7.35. The van der Waals surface area contributed by atoms with Crippen LogP contribution < -0.4 is 15.8 Å². The van der Waals surface area contributed by atoms with Gasteiger partial charge in [0, 0.05) is 19.3 Å². The Morgan fingerprint density at radius 1 is 1.40 bits per heavy atom. The summed E-state index contributed by atoms with van der Waals surface area (Å²) >= 11 is 0. The number of nitrogens with two attached hydrogens (primary N) is 1. The largest absolute Gasteiger partial charge is 0.399 e. The molecule has 0 saturated carbocycles. The van der Waals surface area contributed by atoms with Crippen molar-refractivity contribution in [3.63, 3.8) is 0 Å². The van der Waals surface area contributed by atoms with Gasteiger partial charge in [0.15, 0.2) is 0 Å². The van der Waals surface area contributed by atoms with Gasteiger partial charge in [0.25, 0.3) is 0 Å². The van der Waals surface area contributed by atoms with Gasteiger partial charge in [-0.1, -0.05) is 0 Å². The number of hydrogen-bond donors (Lipinski definition) is 3. The molecular formula is C12H18FN3O3S. The second-order valence-corrected chi connectivity index (χ2v) is 6.71. The van der Waals surface area contributed by atoms with Crippen LogP contribution in [0, 0.1) is 11.2 Å². The highest BCUT2D eigenvalue weighted by Crippen LogP contribution is 2.19. The van der Waals surface area contributed by atoms with Crippen LogP contribution in [-0.4, -0.2) is 27.9 Å². The summed E-state index contributed by atoms with van der Waals surface area (Å²) in [6, 6.07) is 3.28. The first-order valence-electron chi connectivity index (χ1n) is 5.87. The summed E-state index contributed by atoms with van der Waals surface area (Å²) in [6.45, 7) is 2.98. The summed E-state index contributed by atoms with van der Waals surface area (Å²) < 4.78 is 39.8. The highest BCUT2D eigenvalue weighted by molar-refractivity contribution is 7.89. The molecule has 6 nitrogen and oxygen atoms in total. The number of carbonyl (C=O) groups excluding carboxylic acids is 1. The molecule has 0 aliphatic heterocycles. The molecule has 0 radical (unpaired) electrons. The topological polar surface area (TPSA) is 101 Å². The second kappa shape index (κ2) is 5.76. The summed E-state index contributed by atoms with van der Waals surface area (Å²) in [5, 5.41) is 2.43. The highest BCUT2D eigenvalue weighted by atomic mass is 32.2. The Kier molecular flexibility index (Phi) is 4.72. The van der Waals surface area contributed by atoms with Gasteiger partial charge >= 0.3 is 0 Å². The number of anilines is 1. The van der Waals surface area contributed by atoms with E-state index < -0.39 is 26.2 Å². The number of carbonyl (C=O) groups is 1. The highest BCUT2D eigenvalue weighted by Gasteiger charge is 2.29. The molecule has 1 aromatic rings. The first-order chi connectivity index (χ1) is 9.10. The molecule has 0 saturated heterocycles. The third-order valence-corrected chi connectivity index (χ3v) is 4.21. The normalized spacial score (nSPS) is 12.2. The van der Waals surface area contributed by atoms with Gasteiger partial charge in [-0.3, -0.25) is 4.79 Å². The zero-order valence-corrected chi connectivity index (χ0v) is 12.3. The number of sulfonamides is 1. The van der Waals surface area contributed by atoms with Crippen LogP contribution in [0.15, 0.2) is 23.1 Å². The van der Waals surface area contributed by atoms with Gasteiger partial charge in [-0.2, -0.15) is 0 Å². The van der Waals surface area contributed by atoms with E-state index in [1.165, 1.54) is 13.1 Å². The molecule has 0 spiro atoms. The van der Waals surface area contributed by atoms with Gasteiger partial charge in [-0.25, -0.2) is 17.5 Å². The predicted octanol–water partition coefficient (Wildman–Crippen LogP) is 0.458. The maximum absolute atomic E-state index is 13.6. The van der Waals surface area contributed by atoms with Gasteiger partial charge in [0.05, 0.1) is 5.41 Å². The maximum atomic E-state index is 13.6. The summed E-state index contributed by atoms with van der Waals surface area (Å²) in [7, 11) is -2.62. The van der Waals surface area contributed by atoms with Crippen molar-refractivity contribution in [1.82, 2.24) is 10.0 Å². The summed E-state index contributed by atoms with van der Waals surface area (Å²) in [5.41, 5.74) is 4.63. The minimum atomic E-state index is -4.07. The van der Waals surface area contributed by atoms with E-state index in [2.05, 4.69) is 10.0 Å². The van der Waals surface area contributed by atoms with Crippen molar-refractivity contribution in [1.29, 1.82) is 0 Å². The van der Waals surface area contributed by atoms with Gasteiger partial charge in [0.2, 0.25) is 15.9 Å². The number of benzene rings is 1. The third kappa shape index (κ3) is 3.67. The van der Waals surface area contributed by atoms with E-state index in [0.717, 1.165) is 12.1 Å². The monoisotopic (exact) mass is 303 g/mol. The number of nitrogen functional groups attached to an aromatic ring is 1. The van der Waals surface area contributed by atoms with Crippen molar-refractivity contribution in [2.75, 3.05) is 19.3 Å². The third-order valence-electron chi connectivity index (χ3n) is 2.79. The molecule has 8 heteroatoms. The van der Waals surface area contributed by atoms with Gasteiger partial charge < -0.3 is 11.1 Å². The Labute approximate surface area is 117 Å². The number of amides is 1. The first kappa shape index (κ1) is 16.4. The fourth-order valence-electron chi connectivity index (χ4n) is 1.50. The fraction of sp³-hybridized carbons (Fsp3) is 0.417. The molecule has 0 unspecified atom stereocenters. The van der Waals surface area contributed by atoms with Crippen molar-refractivity contribution in [3.05, 3.63) is 24.0 Å². The standard InChI is InChI=1S/C12H18FN3O3S/c1-12(2,11(17)15-3)7-16-20(18,19)10-6-8(14)4-5-9(10)13/h4-6,16H,7,14H2,1-3H3,(H,15,17). The molecule has 0 aliphatic carbocycles. The molecule has 0 atom stereocenters. The van der Waals surface area contributed by atoms with Crippen LogP contribution in [0.3, 0.4) is 0 Å². The van der Waals surface area contributed by atoms with E-state index in [-0.39, 0.29) is 18.1 Å². The molecule has 1 rings (SSSR count). The molecule has 4 N–H and O–H groups in total. The molecule has 1 aromatic carbocycles. The van der Waals surface area contributed by atoms with E-state index in [9.17, 15) is 17.6 Å². The van der Waals surface area contributed by atoms with Crippen LogP contribution >= 0.6 is 0 Å². The average Bonchev–Trinajstić information content (AvgIpc) is 2.38. The van der Waals surface area contributed by atoms with Crippen molar-refractivity contribution >= 4 is 21.6 Å². The van der Waals surface area contributed by atoms with E-state index in [4.69, 9.17) is 5.73 Å². The van der Waals surface area contributed by atoms with Crippen LogP contribution in [0.2, 0.25) is 0 Å². The van der Waals surface area contributed by atoms with Gasteiger partial charge in [-0.15, -0.1) is 0 Å². The molecule has 0 heterocycles. The molecule has 1 amide bonds. The zero-order chi connectivity index (χ0) is 15.6. The van der Waals surface area contributed by atoms with Crippen molar-refractivity contribution < 1.29 is 17.6 Å². The lowest BCUT2D eigenvalue weighted by molar-refractivity contribution is -0.128. The van der Waals surface area contributed by atoms with Crippen LogP contribution in [0.1, 0.15) is 13.8 Å². The number of hydrogen-bond acceptors (Lipinski definition) is 4.